The van der Waals surface area contributed by atoms with Crippen LogP contribution in [0, 0.1) is 5.41 Å². The van der Waals surface area contributed by atoms with Gasteiger partial charge in [0.05, 0.1) is 17.1 Å². The highest BCUT2D eigenvalue weighted by Gasteiger charge is 2.21. The zero-order chi connectivity index (χ0) is 19.8. The van der Waals surface area contributed by atoms with Gasteiger partial charge in [-0.25, -0.2) is 4.98 Å². The zero-order valence-corrected chi connectivity index (χ0v) is 15.9. The lowest BCUT2D eigenvalue weighted by Crippen LogP contribution is -2.38. The average molecular weight is 381 g/mol. The maximum atomic E-state index is 13.0. The van der Waals surface area contributed by atoms with Crippen molar-refractivity contribution in [2.45, 2.75) is 38.8 Å². The lowest BCUT2D eigenvalue weighted by Gasteiger charge is -2.18. The first-order valence-corrected chi connectivity index (χ1v) is 9.48. The number of rotatable bonds is 4. The molecule has 28 heavy (non-hydrogen) atoms. The number of ether oxygens (including phenoxy) is 1. The molecule has 0 bridgehead atoms. The van der Waals surface area contributed by atoms with E-state index in [1.807, 2.05) is 19.9 Å². The molecular formula is C20H23N5O3. The van der Waals surface area contributed by atoms with Crippen molar-refractivity contribution in [1.82, 2.24) is 19.3 Å². The van der Waals surface area contributed by atoms with E-state index in [4.69, 9.17) is 10.1 Å². The summed E-state index contributed by atoms with van der Waals surface area (Å²) >= 11 is 0. The van der Waals surface area contributed by atoms with Crippen molar-refractivity contribution in [3.63, 3.8) is 0 Å². The molecule has 4 rings (SSSR count). The summed E-state index contributed by atoms with van der Waals surface area (Å²) in [6.45, 7) is 4.91. The molecule has 0 aliphatic carbocycles. The van der Waals surface area contributed by atoms with E-state index in [2.05, 4.69) is 10.3 Å². The van der Waals surface area contributed by atoms with Crippen molar-refractivity contribution in [3.8, 4) is 0 Å². The Balaban J connectivity index is 1.87. The van der Waals surface area contributed by atoms with Gasteiger partial charge in [0, 0.05) is 25.4 Å². The standard InChI is InChI=1S/C20H23N5O3/c1-12(2)25-17(21)14(19(26)22-11-13-6-5-9-28-13)10-15-18(25)23-16-7-3-4-8-24(16)20(15)27/h3-4,7-8,10,12-13,21H,5-6,9,11H2,1-2H3,(H,22,26)/t13-/m1/s1. The highest BCUT2D eigenvalue weighted by molar-refractivity contribution is 5.96. The first-order valence-electron chi connectivity index (χ1n) is 9.48. The maximum absolute atomic E-state index is 13.0. The van der Waals surface area contributed by atoms with Crippen molar-refractivity contribution in [1.29, 1.82) is 5.41 Å². The van der Waals surface area contributed by atoms with Crippen LogP contribution in [0.4, 0.5) is 0 Å². The molecular weight excluding hydrogens is 358 g/mol. The molecule has 1 aliphatic heterocycles. The Morgan fingerprint density at radius 3 is 2.96 bits per heavy atom. The molecule has 0 unspecified atom stereocenters. The van der Waals surface area contributed by atoms with Gasteiger partial charge in [0.15, 0.2) is 0 Å². The average Bonchev–Trinajstić information content (AvgIpc) is 3.19. The predicted molar refractivity (Wildman–Crippen MR) is 105 cm³/mol. The van der Waals surface area contributed by atoms with Gasteiger partial charge in [-0.2, -0.15) is 0 Å². The maximum Gasteiger partial charge on any atom is 0.267 e. The van der Waals surface area contributed by atoms with Gasteiger partial charge >= 0.3 is 0 Å². The van der Waals surface area contributed by atoms with Crippen LogP contribution in [0.2, 0.25) is 0 Å². The fourth-order valence-corrected chi connectivity index (χ4v) is 3.63. The number of hydrogen-bond acceptors (Lipinski definition) is 5. The molecule has 1 amide bonds. The molecule has 2 N–H and O–H groups in total. The molecule has 1 fully saturated rings. The molecule has 1 saturated heterocycles. The second-order valence-electron chi connectivity index (χ2n) is 7.30. The smallest absolute Gasteiger partial charge is 0.267 e. The topological polar surface area (TPSA) is 101 Å². The number of nitrogens with zero attached hydrogens (tertiary/aromatic N) is 3. The van der Waals surface area contributed by atoms with E-state index in [1.165, 1.54) is 10.5 Å². The minimum Gasteiger partial charge on any atom is -0.376 e. The Morgan fingerprint density at radius 2 is 2.25 bits per heavy atom. The number of nitrogens with one attached hydrogen (secondary N) is 2. The molecule has 8 heteroatoms. The number of pyridine rings is 2. The lowest BCUT2D eigenvalue weighted by atomic mass is 10.1. The van der Waals surface area contributed by atoms with Crippen molar-refractivity contribution in [3.05, 3.63) is 51.9 Å². The first-order chi connectivity index (χ1) is 13.5. The monoisotopic (exact) mass is 381 g/mol. The van der Waals surface area contributed by atoms with E-state index >= 15 is 0 Å². The predicted octanol–water partition coefficient (Wildman–Crippen LogP) is 1.62. The van der Waals surface area contributed by atoms with Crippen molar-refractivity contribution in [2.75, 3.05) is 13.2 Å². The van der Waals surface area contributed by atoms with Crippen LogP contribution in [-0.2, 0) is 4.74 Å². The summed E-state index contributed by atoms with van der Waals surface area (Å²) in [7, 11) is 0. The second kappa shape index (κ2) is 7.20. The van der Waals surface area contributed by atoms with Crippen LogP contribution in [0.25, 0.3) is 16.7 Å². The molecule has 0 radical (unpaired) electrons. The minimum absolute atomic E-state index is 0.00653. The van der Waals surface area contributed by atoms with Crippen LogP contribution in [0.3, 0.4) is 0 Å². The van der Waals surface area contributed by atoms with Crippen LogP contribution < -0.4 is 16.4 Å². The number of amides is 1. The summed E-state index contributed by atoms with van der Waals surface area (Å²) < 4.78 is 8.62. The van der Waals surface area contributed by atoms with Crippen molar-refractivity contribution >= 4 is 22.6 Å². The van der Waals surface area contributed by atoms with Crippen LogP contribution in [0.5, 0.6) is 0 Å². The number of carbonyl (C=O) groups excluding carboxylic acids is 1. The largest absolute Gasteiger partial charge is 0.376 e. The van der Waals surface area contributed by atoms with Gasteiger partial charge in [0.1, 0.15) is 16.8 Å². The Labute approximate surface area is 161 Å². The minimum atomic E-state index is -0.380. The van der Waals surface area contributed by atoms with Gasteiger partial charge in [-0.05, 0) is 44.9 Å². The van der Waals surface area contributed by atoms with E-state index in [0.717, 1.165) is 12.8 Å². The molecule has 3 aromatic heterocycles. The van der Waals surface area contributed by atoms with Gasteiger partial charge in [-0.15, -0.1) is 0 Å². The number of aromatic nitrogens is 3. The van der Waals surface area contributed by atoms with Gasteiger partial charge in [-0.1, -0.05) is 6.07 Å². The normalized spacial score (nSPS) is 16.9. The highest BCUT2D eigenvalue weighted by Crippen LogP contribution is 2.15. The van der Waals surface area contributed by atoms with Crippen molar-refractivity contribution in [2.24, 2.45) is 0 Å². The molecule has 0 spiro atoms. The molecule has 8 nitrogen and oxygen atoms in total. The van der Waals surface area contributed by atoms with Crippen LogP contribution in [0.1, 0.15) is 43.1 Å². The first kappa shape index (κ1) is 18.4. The molecule has 1 aliphatic rings. The van der Waals surface area contributed by atoms with Gasteiger partial charge in [-0.3, -0.25) is 19.4 Å². The van der Waals surface area contributed by atoms with Crippen LogP contribution in [0.15, 0.2) is 35.3 Å². The number of fused-ring (bicyclic) bond motifs is 2. The third-order valence-corrected chi connectivity index (χ3v) is 5.04. The third kappa shape index (κ3) is 3.09. The highest BCUT2D eigenvalue weighted by atomic mass is 16.5. The molecule has 146 valence electrons. The summed E-state index contributed by atoms with van der Waals surface area (Å²) in [5, 5.41) is 11.7. The fourth-order valence-electron chi connectivity index (χ4n) is 3.63. The molecule has 0 aromatic carbocycles. The van der Waals surface area contributed by atoms with Crippen LogP contribution >= 0.6 is 0 Å². The molecule has 3 aromatic rings. The Hall–Kier alpha value is -3.00. The number of carbonyl (C=O) groups is 1. The van der Waals surface area contributed by atoms with Gasteiger partial charge in [0.2, 0.25) is 0 Å². The molecule has 1 atom stereocenters. The lowest BCUT2D eigenvalue weighted by molar-refractivity contribution is 0.0855. The Kier molecular flexibility index (Phi) is 4.72. The molecule has 4 heterocycles. The Morgan fingerprint density at radius 1 is 1.43 bits per heavy atom. The summed E-state index contributed by atoms with van der Waals surface area (Å²) in [6.07, 6.45) is 3.56. The SMILES string of the molecule is CC(C)n1c(=N)c(C(=O)NC[C@H]2CCCO2)cc2c(=O)n3ccccc3nc21. The summed E-state index contributed by atoms with van der Waals surface area (Å²) in [4.78, 5) is 30.4. The van der Waals surface area contributed by atoms with Gasteiger partial charge < -0.3 is 14.6 Å². The van der Waals surface area contributed by atoms with Gasteiger partial charge in [0.25, 0.3) is 11.5 Å². The van der Waals surface area contributed by atoms with Crippen LogP contribution in [-0.4, -0.2) is 39.1 Å². The summed E-state index contributed by atoms with van der Waals surface area (Å²) in [6, 6.07) is 6.65. The van der Waals surface area contributed by atoms with E-state index in [9.17, 15) is 9.59 Å². The fraction of sp³-hybridized carbons (Fsp3) is 0.400. The summed E-state index contributed by atoms with van der Waals surface area (Å²) in [5.74, 6) is -0.380. The Bertz CT molecular complexity index is 1170. The quantitative estimate of drug-likeness (QED) is 0.671. The second-order valence-corrected chi connectivity index (χ2v) is 7.30. The zero-order valence-electron chi connectivity index (χ0n) is 15.9. The van der Waals surface area contributed by atoms with E-state index < -0.39 is 0 Å². The van der Waals surface area contributed by atoms with E-state index in [0.29, 0.717) is 29.8 Å². The van der Waals surface area contributed by atoms with E-state index in [1.54, 1.807) is 22.9 Å². The summed E-state index contributed by atoms with van der Waals surface area (Å²) in [5.41, 5.74) is 0.855. The van der Waals surface area contributed by atoms with Crippen molar-refractivity contribution < 1.29 is 9.53 Å². The third-order valence-electron chi connectivity index (χ3n) is 5.04. The molecule has 0 saturated carbocycles. The van der Waals surface area contributed by atoms with E-state index in [-0.39, 0.29) is 34.7 Å². The number of hydrogen-bond donors (Lipinski definition) is 2.